The molecule has 0 bridgehead atoms. The van der Waals surface area contributed by atoms with Crippen molar-refractivity contribution >= 4 is 50.7 Å². The lowest BCUT2D eigenvalue weighted by atomic mass is 10.1. The van der Waals surface area contributed by atoms with Gasteiger partial charge in [0.1, 0.15) is 0 Å². The molecule has 1 aromatic heterocycles. The number of carbonyl (C=O) groups excluding carboxylic acids is 1. The highest BCUT2D eigenvalue weighted by Gasteiger charge is 2.09. The van der Waals surface area contributed by atoms with E-state index in [0.29, 0.717) is 15.1 Å². The summed E-state index contributed by atoms with van der Waals surface area (Å²) in [5.74, 6) is -0.0462. The fraction of sp³-hybridized carbons (Fsp3) is 0. The first-order valence-electron chi connectivity index (χ1n) is 4.88. The monoisotopic (exact) mass is 326 g/mol. The SMILES string of the molecule is O=C(C(Br)=Cc1cccs1)c1ccc(Cl)cc1. The maximum Gasteiger partial charge on any atom is 0.200 e. The van der Waals surface area contributed by atoms with E-state index >= 15 is 0 Å². The second kappa shape index (κ2) is 5.63. The predicted octanol–water partition coefficient (Wildman–Crippen LogP) is 5.02. The van der Waals surface area contributed by atoms with Gasteiger partial charge in [0, 0.05) is 15.5 Å². The van der Waals surface area contributed by atoms with Gasteiger partial charge in [0.2, 0.25) is 0 Å². The second-order valence-corrected chi connectivity index (χ2v) is 5.61. The summed E-state index contributed by atoms with van der Waals surface area (Å²) in [7, 11) is 0. The summed E-state index contributed by atoms with van der Waals surface area (Å²) in [5, 5.41) is 2.60. The molecule has 0 aliphatic carbocycles. The molecule has 2 rings (SSSR count). The minimum atomic E-state index is -0.0462. The number of Topliss-reactive ketones (excluding diaryl/α,β-unsaturated/α-hetero) is 1. The molecule has 1 heterocycles. The zero-order valence-corrected chi connectivity index (χ0v) is 11.8. The molecule has 86 valence electrons. The number of rotatable bonds is 3. The standard InChI is InChI=1S/C13H8BrClOS/c14-12(8-11-2-1-7-17-11)13(16)9-3-5-10(15)6-4-9/h1-8H. The molecular formula is C13H8BrClOS. The Morgan fingerprint density at radius 3 is 2.53 bits per heavy atom. The smallest absolute Gasteiger partial charge is 0.200 e. The van der Waals surface area contributed by atoms with Crippen molar-refractivity contribution in [3.63, 3.8) is 0 Å². The first-order valence-corrected chi connectivity index (χ1v) is 6.93. The molecule has 1 nitrogen and oxygen atoms in total. The predicted molar refractivity (Wildman–Crippen MR) is 77.0 cm³/mol. The van der Waals surface area contributed by atoms with Crippen LogP contribution in [0.3, 0.4) is 0 Å². The van der Waals surface area contributed by atoms with Crippen LogP contribution < -0.4 is 0 Å². The van der Waals surface area contributed by atoms with Crippen LogP contribution in [0, 0.1) is 0 Å². The summed E-state index contributed by atoms with van der Waals surface area (Å²) < 4.78 is 0.544. The molecule has 0 atom stereocenters. The Morgan fingerprint density at radius 2 is 1.94 bits per heavy atom. The molecular weight excluding hydrogens is 320 g/mol. The Bertz CT molecular complexity index is 543. The number of hydrogen-bond donors (Lipinski definition) is 0. The minimum absolute atomic E-state index is 0.0462. The molecule has 0 saturated carbocycles. The number of carbonyl (C=O) groups is 1. The van der Waals surface area contributed by atoms with Gasteiger partial charge in [-0.15, -0.1) is 11.3 Å². The fourth-order valence-electron chi connectivity index (χ4n) is 1.30. The molecule has 2 aromatic rings. The molecule has 4 heteroatoms. The number of allylic oxidation sites excluding steroid dienone is 1. The molecule has 0 aliphatic heterocycles. The Balaban J connectivity index is 2.23. The van der Waals surface area contributed by atoms with Gasteiger partial charge in [-0.1, -0.05) is 17.7 Å². The topological polar surface area (TPSA) is 17.1 Å². The van der Waals surface area contributed by atoms with Crippen LogP contribution in [-0.2, 0) is 0 Å². The van der Waals surface area contributed by atoms with Crippen LogP contribution in [0.2, 0.25) is 5.02 Å². The zero-order chi connectivity index (χ0) is 12.3. The summed E-state index contributed by atoms with van der Waals surface area (Å²) in [6, 6.07) is 10.8. The normalized spacial score (nSPS) is 11.5. The van der Waals surface area contributed by atoms with Crippen LogP contribution in [0.25, 0.3) is 6.08 Å². The van der Waals surface area contributed by atoms with Gasteiger partial charge in [-0.3, -0.25) is 4.79 Å². The van der Waals surface area contributed by atoms with Gasteiger partial charge in [0.15, 0.2) is 5.78 Å². The van der Waals surface area contributed by atoms with Crippen molar-refractivity contribution in [3.05, 3.63) is 61.7 Å². The molecule has 17 heavy (non-hydrogen) atoms. The van der Waals surface area contributed by atoms with Crippen molar-refractivity contribution in [1.82, 2.24) is 0 Å². The van der Waals surface area contributed by atoms with Crippen LogP contribution in [0.5, 0.6) is 0 Å². The molecule has 0 aliphatic rings. The van der Waals surface area contributed by atoms with Crippen LogP contribution >= 0.6 is 38.9 Å². The van der Waals surface area contributed by atoms with Gasteiger partial charge >= 0.3 is 0 Å². The lowest BCUT2D eigenvalue weighted by Crippen LogP contribution is -1.97. The zero-order valence-electron chi connectivity index (χ0n) is 8.69. The van der Waals surface area contributed by atoms with E-state index in [0.717, 1.165) is 4.88 Å². The molecule has 0 N–H and O–H groups in total. The van der Waals surface area contributed by atoms with E-state index < -0.39 is 0 Å². The van der Waals surface area contributed by atoms with Crippen LogP contribution in [0.15, 0.2) is 46.3 Å². The first-order chi connectivity index (χ1) is 8.16. The Labute approximate surface area is 117 Å². The maximum absolute atomic E-state index is 12.0. The third-order valence-corrected chi connectivity index (χ3v) is 3.80. The third-order valence-electron chi connectivity index (χ3n) is 2.14. The molecule has 0 amide bonds. The van der Waals surface area contributed by atoms with Gasteiger partial charge in [0.25, 0.3) is 0 Å². The highest BCUT2D eigenvalue weighted by Crippen LogP contribution is 2.21. The van der Waals surface area contributed by atoms with Gasteiger partial charge in [0.05, 0.1) is 4.48 Å². The summed E-state index contributed by atoms with van der Waals surface area (Å²) in [6.45, 7) is 0. The fourth-order valence-corrected chi connectivity index (χ4v) is 2.71. The average Bonchev–Trinajstić information content (AvgIpc) is 2.82. The van der Waals surface area contributed by atoms with Gasteiger partial charge in [-0.25, -0.2) is 0 Å². The van der Waals surface area contributed by atoms with E-state index in [9.17, 15) is 4.79 Å². The van der Waals surface area contributed by atoms with Crippen molar-refractivity contribution in [2.75, 3.05) is 0 Å². The van der Waals surface area contributed by atoms with Crippen LogP contribution in [0.4, 0.5) is 0 Å². The number of benzene rings is 1. The van der Waals surface area contributed by atoms with E-state index in [1.807, 2.05) is 23.6 Å². The van der Waals surface area contributed by atoms with Crippen molar-refractivity contribution < 1.29 is 4.79 Å². The molecule has 0 fully saturated rings. The third kappa shape index (κ3) is 3.28. The molecule has 0 radical (unpaired) electrons. The molecule has 0 unspecified atom stereocenters. The summed E-state index contributed by atoms with van der Waals surface area (Å²) >= 11 is 10.7. The van der Waals surface area contributed by atoms with Crippen molar-refractivity contribution in [2.24, 2.45) is 0 Å². The van der Waals surface area contributed by atoms with Crippen LogP contribution in [-0.4, -0.2) is 5.78 Å². The summed E-state index contributed by atoms with van der Waals surface area (Å²) in [5.41, 5.74) is 0.620. The highest BCUT2D eigenvalue weighted by molar-refractivity contribution is 9.12. The Kier molecular flexibility index (Phi) is 4.15. The highest BCUT2D eigenvalue weighted by atomic mass is 79.9. The summed E-state index contributed by atoms with van der Waals surface area (Å²) in [4.78, 5) is 13.1. The van der Waals surface area contributed by atoms with E-state index in [2.05, 4.69) is 15.9 Å². The Hall–Kier alpha value is -0.900. The lowest BCUT2D eigenvalue weighted by molar-refractivity contribution is 0.104. The number of hydrogen-bond acceptors (Lipinski definition) is 2. The first kappa shape index (κ1) is 12.6. The number of ketones is 1. The molecule has 0 saturated heterocycles. The average molecular weight is 328 g/mol. The second-order valence-electron chi connectivity index (χ2n) is 3.34. The van der Waals surface area contributed by atoms with E-state index in [1.165, 1.54) is 0 Å². The van der Waals surface area contributed by atoms with Crippen LogP contribution in [0.1, 0.15) is 15.2 Å². The molecule has 0 spiro atoms. The lowest BCUT2D eigenvalue weighted by Gasteiger charge is -1.99. The van der Waals surface area contributed by atoms with Gasteiger partial charge < -0.3 is 0 Å². The van der Waals surface area contributed by atoms with E-state index in [-0.39, 0.29) is 5.78 Å². The number of thiophene rings is 1. The van der Waals surface area contributed by atoms with Gasteiger partial charge in [-0.05, 0) is 57.7 Å². The summed E-state index contributed by atoms with van der Waals surface area (Å²) in [6.07, 6.45) is 1.82. The van der Waals surface area contributed by atoms with E-state index in [1.54, 1.807) is 35.6 Å². The largest absolute Gasteiger partial charge is 0.288 e. The van der Waals surface area contributed by atoms with E-state index in [4.69, 9.17) is 11.6 Å². The van der Waals surface area contributed by atoms with Crippen molar-refractivity contribution in [2.45, 2.75) is 0 Å². The van der Waals surface area contributed by atoms with Crippen molar-refractivity contribution in [3.8, 4) is 0 Å². The quantitative estimate of drug-likeness (QED) is 0.571. The maximum atomic E-state index is 12.0. The van der Waals surface area contributed by atoms with Crippen molar-refractivity contribution in [1.29, 1.82) is 0 Å². The molecule has 1 aromatic carbocycles. The number of halogens is 2. The Morgan fingerprint density at radius 1 is 1.24 bits per heavy atom. The van der Waals surface area contributed by atoms with Gasteiger partial charge in [-0.2, -0.15) is 0 Å². The minimum Gasteiger partial charge on any atom is -0.288 e.